The number of hydrogen-bond acceptors (Lipinski definition) is 18. The Labute approximate surface area is 423 Å². The number of fused-ring (bicyclic) bond motifs is 1. The zero-order chi connectivity index (χ0) is 52.3. The lowest BCUT2D eigenvalue weighted by Crippen LogP contribution is -2.62. The molecule has 16 N–H and O–H groups in total. The molecule has 0 bridgehead atoms. The molecular formula is C46H64N14O10S2. The summed E-state index contributed by atoms with van der Waals surface area (Å²) in [7, 11) is 2.01. The minimum Gasteiger partial charge on any atom is -0.394 e. The molecule has 1 aliphatic heterocycles. The number of anilines is 1. The number of aliphatic hydroxyl groups excluding tert-OH is 3. The third-order valence-corrected chi connectivity index (χ3v) is 14.0. The van der Waals surface area contributed by atoms with Crippen LogP contribution in [0.5, 0.6) is 0 Å². The molecule has 0 spiro atoms. The molecule has 0 saturated carbocycles. The van der Waals surface area contributed by atoms with E-state index in [1.165, 1.54) is 31.1 Å². The number of unbranched alkanes of at least 4 members (excludes halogenated alkanes) is 1. The van der Waals surface area contributed by atoms with Crippen molar-refractivity contribution in [2.24, 2.45) is 11.5 Å². The van der Waals surface area contributed by atoms with Crippen molar-refractivity contribution >= 4 is 79.9 Å². The largest absolute Gasteiger partial charge is 0.394 e. The molecule has 3 heterocycles. The van der Waals surface area contributed by atoms with E-state index in [1.807, 2.05) is 6.07 Å². The van der Waals surface area contributed by atoms with Gasteiger partial charge in [0.1, 0.15) is 48.1 Å². The van der Waals surface area contributed by atoms with Crippen LogP contribution in [-0.4, -0.2) is 161 Å². The Morgan fingerprint density at radius 3 is 2.07 bits per heavy atom. The van der Waals surface area contributed by atoms with Gasteiger partial charge in [0.2, 0.25) is 41.4 Å². The summed E-state index contributed by atoms with van der Waals surface area (Å²) in [6.07, 6.45) is 0.501. The summed E-state index contributed by atoms with van der Waals surface area (Å²) in [5.74, 6) is -6.36. The molecule has 2 aromatic heterocycles. The van der Waals surface area contributed by atoms with Crippen LogP contribution < -0.4 is 54.4 Å². The Morgan fingerprint density at radius 1 is 0.792 bits per heavy atom. The average Bonchev–Trinajstić information content (AvgIpc) is 3.77. The number of aromatic nitrogens is 4. The molecule has 0 radical (unpaired) electrons. The second-order valence-electron chi connectivity index (χ2n) is 17.2. The number of nitrogens with one attached hydrogen (secondary N) is 7. The number of imidazole rings is 1. The molecule has 4 aromatic rings. The van der Waals surface area contributed by atoms with Gasteiger partial charge in [-0.3, -0.25) is 33.6 Å². The summed E-state index contributed by atoms with van der Waals surface area (Å²) in [5, 5.41) is 49.4. The fourth-order valence-electron chi connectivity index (χ4n) is 7.42. The Hall–Kier alpha value is -6.42. The van der Waals surface area contributed by atoms with Gasteiger partial charge in [-0.2, -0.15) is 0 Å². The quantitative estimate of drug-likeness (QED) is 0.0368. The SMILES string of the molecule is CC(O)[C@@H]1NC(=O)[C@H](CCCCN)NC(=O)[C@H](Cn2cnc3c(N)ncnc32)NC(=O)[C@H](Cc2ccccc2)NC(=O)[C@@H](NC(=O)[C@H](N)Cc2ccccc2)CSSC[C@@H](C(=O)N[C@H](CO)C(C)O)NC1=O. The first kappa shape index (κ1) is 56.5. The van der Waals surface area contributed by atoms with Crippen molar-refractivity contribution in [3.05, 3.63) is 84.4 Å². The van der Waals surface area contributed by atoms with Crippen LogP contribution in [0, 0.1) is 0 Å². The predicted octanol–water partition coefficient (Wildman–Crippen LogP) is -3.11. The fraction of sp³-hybridized carbons (Fsp3) is 0.478. The maximum absolute atomic E-state index is 14.7. The van der Waals surface area contributed by atoms with Gasteiger partial charge in [0, 0.05) is 17.9 Å². The number of nitrogens with zero attached hydrogens (tertiary/aromatic N) is 4. The first-order valence-electron chi connectivity index (χ1n) is 23.3. The van der Waals surface area contributed by atoms with E-state index in [-0.39, 0.29) is 60.8 Å². The zero-order valence-electron chi connectivity index (χ0n) is 39.8. The van der Waals surface area contributed by atoms with E-state index in [2.05, 4.69) is 52.2 Å². The monoisotopic (exact) mass is 1040 g/mol. The summed E-state index contributed by atoms with van der Waals surface area (Å²) < 4.78 is 1.44. The van der Waals surface area contributed by atoms with Gasteiger partial charge in [0.15, 0.2) is 11.5 Å². The van der Waals surface area contributed by atoms with Gasteiger partial charge in [-0.05, 0) is 57.2 Å². The van der Waals surface area contributed by atoms with Crippen molar-refractivity contribution in [3.63, 3.8) is 0 Å². The Morgan fingerprint density at radius 2 is 1.42 bits per heavy atom. The van der Waals surface area contributed by atoms with E-state index in [1.54, 1.807) is 54.6 Å². The summed E-state index contributed by atoms with van der Waals surface area (Å²) >= 11 is 0. The molecule has 2 unspecified atom stereocenters. The normalized spacial score (nSPS) is 22.7. The summed E-state index contributed by atoms with van der Waals surface area (Å²) in [6.45, 7) is 1.81. The van der Waals surface area contributed by atoms with Crippen molar-refractivity contribution in [1.82, 2.24) is 56.7 Å². The highest BCUT2D eigenvalue weighted by atomic mass is 33.1. The van der Waals surface area contributed by atoms with Crippen LogP contribution in [0.4, 0.5) is 5.82 Å². The smallest absolute Gasteiger partial charge is 0.245 e. The molecule has 1 fully saturated rings. The minimum atomic E-state index is -1.70. The second kappa shape index (κ2) is 28.0. The van der Waals surface area contributed by atoms with Gasteiger partial charge in [0.05, 0.1) is 43.8 Å². The van der Waals surface area contributed by atoms with Crippen LogP contribution in [-0.2, 0) is 52.9 Å². The van der Waals surface area contributed by atoms with Gasteiger partial charge in [0.25, 0.3) is 0 Å². The molecule has 1 saturated heterocycles. The number of rotatable bonds is 17. The topological polar surface area (TPSA) is 386 Å². The molecule has 2 aromatic carbocycles. The lowest BCUT2D eigenvalue weighted by Gasteiger charge is -2.29. The Balaban J connectivity index is 1.58. The third kappa shape index (κ3) is 16.6. The number of nitrogen functional groups attached to an aromatic ring is 1. The van der Waals surface area contributed by atoms with E-state index < -0.39 is 108 Å². The lowest BCUT2D eigenvalue weighted by molar-refractivity contribution is -0.136. The highest BCUT2D eigenvalue weighted by Gasteiger charge is 2.36. The van der Waals surface area contributed by atoms with Gasteiger partial charge in [-0.15, -0.1) is 0 Å². The van der Waals surface area contributed by atoms with Crippen molar-refractivity contribution in [2.75, 3.05) is 30.4 Å². The average molecular weight is 1040 g/mol. The van der Waals surface area contributed by atoms with Crippen LogP contribution in [0.2, 0.25) is 0 Å². The first-order chi connectivity index (χ1) is 34.5. The van der Waals surface area contributed by atoms with E-state index in [0.29, 0.717) is 18.4 Å². The molecule has 26 heteroatoms. The highest BCUT2D eigenvalue weighted by Crippen LogP contribution is 2.24. The fourth-order valence-corrected chi connectivity index (χ4v) is 9.75. The maximum atomic E-state index is 14.7. The molecule has 0 aliphatic carbocycles. The molecule has 7 amide bonds. The van der Waals surface area contributed by atoms with Crippen LogP contribution in [0.15, 0.2) is 73.3 Å². The van der Waals surface area contributed by atoms with Crippen LogP contribution in [0.3, 0.4) is 0 Å². The van der Waals surface area contributed by atoms with Crippen molar-refractivity contribution in [3.8, 4) is 0 Å². The summed E-state index contributed by atoms with van der Waals surface area (Å²) in [6, 6.07) is 6.62. The van der Waals surface area contributed by atoms with Crippen molar-refractivity contribution < 1.29 is 48.9 Å². The maximum Gasteiger partial charge on any atom is 0.245 e. The molecule has 24 nitrogen and oxygen atoms in total. The molecule has 5 rings (SSSR count). The Kier molecular flexibility index (Phi) is 22.0. The standard InChI is InChI=1S/C46H64N14O10S2/c1-25(62)33(20-61)56-45(69)35-22-72-71-21-34(57-40(64)29(48)17-27-11-5-3-6-12-27)44(68)54-31(18-28-13-7-4-8-14-28)42(66)55-32(19-60-24-52-37-38(49)50-23-51-39(37)60)43(67)53-30(15-9-10-16-47)41(65)59-36(26(2)63)46(70)58-35/h3-8,11-14,23-26,29-36,61-63H,9-10,15-22,47-48H2,1-2H3,(H,53,67)(H,54,68)(H,55,66)(H,56,69)(H,57,64)(H,58,70)(H,59,65)(H2,49,50,51)/t25?,26?,29-,30+,31+,32+,33-,34+,35+,36+/m1/s1. The predicted molar refractivity (Wildman–Crippen MR) is 270 cm³/mol. The van der Waals surface area contributed by atoms with E-state index in [9.17, 15) is 48.9 Å². The van der Waals surface area contributed by atoms with Gasteiger partial charge < -0.3 is 74.3 Å². The van der Waals surface area contributed by atoms with Crippen LogP contribution >= 0.6 is 21.6 Å². The number of amides is 7. The van der Waals surface area contributed by atoms with E-state index in [4.69, 9.17) is 17.2 Å². The van der Waals surface area contributed by atoms with Crippen molar-refractivity contribution in [1.29, 1.82) is 0 Å². The third-order valence-electron chi connectivity index (χ3n) is 11.6. The number of benzene rings is 2. The molecule has 72 heavy (non-hydrogen) atoms. The summed E-state index contributed by atoms with van der Waals surface area (Å²) in [4.78, 5) is 112. The number of nitrogens with two attached hydrogens (primary N) is 3. The molecular weight excluding hydrogens is 973 g/mol. The number of carbonyl (C=O) groups excluding carboxylic acids is 7. The molecule has 1 aliphatic rings. The zero-order valence-corrected chi connectivity index (χ0v) is 41.4. The minimum absolute atomic E-state index is 0.0169. The van der Waals surface area contributed by atoms with Gasteiger partial charge >= 0.3 is 0 Å². The number of carbonyl (C=O) groups is 7. The van der Waals surface area contributed by atoms with Crippen LogP contribution in [0.1, 0.15) is 44.2 Å². The lowest BCUT2D eigenvalue weighted by atomic mass is 10.0. The van der Waals surface area contributed by atoms with Gasteiger partial charge in [-0.25, -0.2) is 15.0 Å². The van der Waals surface area contributed by atoms with Crippen molar-refractivity contribution in [2.45, 2.75) is 113 Å². The molecule has 10 atom stereocenters. The molecule has 390 valence electrons. The van der Waals surface area contributed by atoms with Crippen LogP contribution in [0.25, 0.3) is 11.2 Å². The summed E-state index contributed by atoms with van der Waals surface area (Å²) in [5.41, 5.74) is 20.0. The second-order valence-corrected chi connectivity index (χ2v) is 19.8. The number of aliphatic hydroxyl groups is 3. The highest BCUT2D eigenvalue weighted by molar-refractivity contribution is 8.76. The number of hydrogen-bond donors (Lipinski definition) is 13. The van der Waals surface area contributed by atoms with E-state index >= 15 is 0 Å². The van der Waals surface area contributed by atoms with Gasteiger partial charge in [-0.1, -0.05) is 82.3 Å². The van der Waals surface area contributed by atoms with E-state index in [0.717, 1.165) is 27.2 Å². The first-order valence-corrected chi connectivity index (χ1v) is 25.8. The Bertz CT molecular complexity index is 2450.